The lowest BCUT2D eigenvalue weighted by atomic mass is 10.2. The Morgan fingerprint density at radius 3 is 2.36 bits per heavy atom. The molecule has 0 N–H and O–H groups in total. The Morgan fingerprint density at radius 1 is 1.45 bits per heavy atom. The molecule has 1 radical (unpaired) electrons. The maximum Gasteiger partial charge on any atom is 0.311 e. The highest BCUT2D eigenvalue weighted by molar-refractivity contribution is 5.78. The van der Waals surface area contributed by atoms with Gasteiger partial charge in [0.15, 0.2) is 0 Å². The minimum Gasteiger partial charge on any atom is -0.469 e. The maximum atomic E-state index is 10.5. The van der Waals surface area contributed by atoms with Gasteiger partial charge in [-0.2, -0.15) is 0 Å². The summed E-state index contributed by atoms with van der Waals surface area (Å²) in [5.74, 6) is -0.353. The third-order valence-electron chi connectivity index (χ3n) is 0.968. The van der Waals surface area contributed by atoms with Crippen LogP contribution in [-0.2, 0) is 14.3 Å². The minimum absolute atomic E-state index is 0.204. The second kappa shape index (κ2) is 4.34. The summed E-state index contributed by atoms with van der Waals surface area (Å²) >= 11 is 0. The van der Waals surface area contributed by atoms with E-state index in [9.17, 15) is 4.79 Å². The molecule has 0 fully saturated rings. The van der Waals surface area contributed by atoms with Gasteiger partial charge >= 0.3 is 5.97 Å². The van der Waals surface area contributed by atoms with E-state index in [1.807, 2.05) is 20.8 Å². The molecule has 0 atom stereocenters. The Morgan fingerprint density at radius 2 is 2.00 bits per heavy atom. The van der Waals surface area contributed by atoms with Crippen molar-refractivity contribution in [2.45, 2.75) is 26.4 Å². The van der Waals surface area contributed by atoms with Crippen LogP contribution in [0.3, 0.4) is 0 Å². The molecule has 65 valence electrons. The Bertz CT molecular complexity index is 124. The van der Waals surface area contributed by atoms with Crippen LogP contribution in [0.4, 0.5) is 0 Å². The van der Waals surface area contributed by atoms with Gasteiger partial charge in [-0.25, -0.2) is 0 Å². The van der Waals surface area contributed by atoms with Crippen LogP contribution < -0.4 is 0 Å². The van der Waals surface area contributed by atoms with Crippen molar-refractivity contribution in [1.82, 2.24) is 0 Å². The van der Waals surface area contributed by atoms with E-state index in [1.54, 1.807) is 0 Å². The molecule has 0 aliphatic carbocycles. The third kappa shape index (κ3) is 7.33. The van der Waals surface area contributed by atoms with Gasteiger partial charge in [-0.1, -0.05) is 0 Å². The first-order valence-corrected chi connectivity index (χ1v) is 3.51. The SMILES string of the molecule is COC(=O)[CH]COC(C)(C)C. The Hall–Kier alpha value is -0.570. The van der Waals surface area contributed by atoms with E-state index in [0.29, 0.717) is 6.61 Å². The molecule has 0 saturated heterocycles. The Kier molecular flexibility index (Phi) is 4.11. The van der Waals surface area contributed by atoms with E-state index < -0.39 is 0 Å². The summed E-state index contributed by atoms with van der Waals surface area (Å²) in [6.45, 7) is 6.09. The summed E-state index contributed by atoms with van der Waals surface area (Å²) in [7, 11) is 1.34. The van der Waals surface area contributed by atoms with Gasteiger partial charge in [0, 0.05) is 0 Å². The summed E-state index contributed by atoms with van der Waals surface area (Å²) in [5, 5.41) is 0. The lowest BCUT2D eigenvalue weighted by molar-refractivity contribution is -0.137. The molecule has 0 aliphatic rings. The average molecular weight is 159 g/mol. The van der Waals surface area contributed by atoms with Crippen molar-refractivity contribution in [3.8, 4) is 0 Å². The molecular formula is C8H15O3. The first-order chi connectivity index (χ1) is 4.95. The zero-order valence-corrected chi connectivity index (χ0v) is 7.51. The summed E-state index contributed by atoms with van der Waals surface area (Å²) in [5.41, 5.74) is -0.204. The minimum atomic E-state index is -0.353. The topological polar surface area (TPSA) is 35.5 Å². The molecule has 0 saturated carbocycles. The van der Waals surface area contributed by atoms with E-state index in [4.69, 9.17) is 4.74 Å². The molecule has 0 spiro atoms. The molecule has 0 unspecified atom stereocenters. The predicted octanol–water partition coefficient (Wildman–Crippen LogP) is 1.18. The van der Waals surface area contributed by atoms with Crippen LogP contribution in [0.1, 0.15) is 20.8 Å². The number of carbonyl (C=O) groups excluding carboxylic acids is 1. The number of esters is 1. The molecule has 3 nitrogen and oxygen atoms in total. The second-order valence-electron chi connectivity index (χ2n) is 3.15. The summed E-state index contributed by atoms with van der Waals surface area (Å²) in [6.07, 6.45) is 1.37. The van der Waals surface area contributed by atoms with E-state index in [2.05, 4.69) is 4.74 Å². The first-order valence-electron chi connectivity index (χ1n) is 3.51. The van der Waals surface area contributed by atoms with Crippen LogP contribution in [0.5, 0.6) is 0 Å². The van der Waals surface area contributed by atoms with Crippen molar-refractivity contribution >= 4 is 5.97 Å². The molecule has 11 heavy (non-hydrogen) atoms. The summed E-state index contributed by atoms with van der Waals surface area (Å²) < 4.78 is 9.64. The molecule has 0 bridgehead atoms. The number of hydrogen-bond donors (Lipinski definition) is 0. The van der Waals surface area contributed by atoms with E-state index >= 15 is 0 Å². The molecule has 0 aromatic heterocycles. The number of carbonyl (C=O) groups is 1. The average Bonchev–Trinajstić information content (AvgIpc) is 1.85. The van der Waals surface area contributed by atoms with Gasteiger partial charge in [0.1, 0.15) is 0 Å². The van der Waals surface area contributed by atoms with Crippen molar-refractivity contribution in [1.29, 1.82) is 0 Å². The van der Waals surface area contributed by atoms with Gasteiger partial charge in [-0.15, -0.1) is 0 Å². The van der Waals surface area contributed by atoms with Crippen molar-refractivity contribution in [3.05, 3.63) is 6.42 Å². The predicted molar refractivity (Wildman–Crippen MR) is 42.0 cm³/mol. The van der Waals surface area contributed by atoms with Crippen LogP contribution in [0.25, 0.3) is 0 Å². The van der Waals surface area contributed by atoms with Crippen LogP contribution in [0.15, 0.2) is 0 Å². The zero-order chi connectivity index (χ0) is 8.91. The molecular weight excluding hydrogens is 144 g/mol. The van der Waals surface area contributed by atoms with E-state index in [1.165, 1.54) is 13.5 Å². The molecule has 3 heteroatoms. The van der Waals surface area contributed by atoms with Crippen LogP contribution >= 0.6 is 0 Å². The fraction of sp³-hybridized carbons (Fsp3) is 0.750. The molecule has 0 heterocycles. The Balaban J connectivity index is 3.35. The normalized spacial score (nSPS) is 11.3. The van der Waals surface area contributed by atoms with Gasteiger partial charge in [0.25, 0.3) is 0 Å². The first kappa shape index (κ1) is 10.4. The number of hydrogen-bond acceptors (Lipinski definition) is 3. The highest BCUT2D eigenvalue weighted by Crippen LogP contribution is 2.06. The van der Waals surface area contributed by atoms with Gasteiger partial charge in [-0.05, 0) is 20.8 Å². The van der Waals surface area contributed by atoms with Crippen molar-refractivity contribution in [2.75, 3.05) is 13.7 Å². The van der Waals surface area contributed by atoms with Gasteiger partial charge in [-0.3, -0.25) is 4.79 Å². The van der Waals surface area contributed by atoms with E-state index in [0.717, 1.165) is 0 Å². The van der Waals surface area contributed by atoms with Gasteiger partial charge < -0.3 is 9.47 Å². The zero-order valence-electron chi connectivity index (χ0n) is 7.51. The van der Waals surface area contributed by atoms with Gasteiger partial charge in [0.2, 0.25) is 0 Å². The lowest BCUT2D eigenvalue weighted by Gasteiger charge is -2.18. The number of methoxy groups -OCH3 is 1. The third-order valence-corrected chi connectivity index (χ3v) is 0.968. The van der Waals surface area contributed by atoms with Crippen LogP contribution in [0, 0.1) is 6.42 Å². The maximum absolute atomic E-state index is 10.5. The van der Waals surface area contributed by atoms with Crippen LogP contribution in [0.2, 0.25) is 0 Å². The van der Waals surface area contributed by atoms with Crippen molar-refractivity contribution in [2.24, 2.45) is 0 Å². The van der Waals surface area contributed by atoms with Crippen molar-refractivity contribution in [3.63, 3.8) is 0 Å². The fourth-order valence-electron chi connectivity index (χ4n) is 0.443. The quantitative estimate of drug-likeness (QED) is 0.580. The monoisotopic (exact) mass is 159 g/mol. The summed E-state index contributed by atoms with van der Waals surface area (Å²) in [4.78, 5) is 10.5. The number of rotatable bonds is 3. The highest BCUT2D eigenvalue weighted by atomic mass is 16.5. The molecule has 0 rings (SSSR count). The Labute approximate surface area is 67.7 Å². The fourth-order valence-corrected chi connectivity index (χ4v) is 0.443. The van der Waals surface area contributed by atoms with E-state index in [-0.39, 0.29) is 11.6 Å². The highest BCUT2D eigenvalue weighted by Gasteiger charge is 2.10. The largest absolute Gasteiger partial charge is 0.469 e. The van der Waals surface area contributed by atoms with Crippen LogP contribution in [-0.4, -0.2) is 25.3 Å². The molecule has 0 aromatic carbocycles. The summed E-state index contributed by atoms with van der Waals surface area (Å²) in [6, 6.07) is 0. The second-order valence-corrected chi connectivity index (χ2v) is 3.15. The standard InChI is InChI=1S/C8H15O3/c1-8(2,3)11-6-5-7(9)10-4/h5H,6H2,1-4H3. The molecule has 0 aliphatic heterocycles. The number of ether oxygens (including phenoxy) is 2. The lowest BCUT2D eigenvalue weighted by Crippen LogP contribution is -2.21. The molecule has 0 aromatic rings. The van der Waals surface area contributed by atoms with Crippen molar-refractivity contribution < 1.29 is 14.3 Å². The smallest absolute Gasteiger partial charge is 0.311 e. The molecule has 0 amide bonds. The van der Waals surface area contributed by atoms with Gasteiger partial charge in [0.05, 0.1) is 25.7 Å².